The van der Waals surface area contributed by atoms with Gasteiger partial charge in [-0.15, -0.1) is 10.2 Å². The molecule has 112 valence electrons. The second kappa shape index (κ2) is 8.35. The number of ether oxygens (including phenoxy) is 1. The van der Waals surface area contributed by atoms with E-state index < -0.39 is 0 Å². The molecule has 0 aromatic carbocycles. The van der Waals surface area contributed by atoms with Crippen molar-refractivity contribution in [3.8, 4) is 5.75 Å². The summed E-state index contributed by atoms with van der Waals surface area (Å²) in [7, 11) is 0. The minimum atomic E-state index is -0.0104. The fourth-order valence-corrected chi connectivity index (χ4v) is 2.33. The highest BCUT2D eigenvalue weighted by atomic mass is 32.2. The van der Waals surface area contributed by atoms with Crippen LogP contribution in [0.5, 0.6) is 5.75 Å². The summed E-state index contributed by atoms with van der Waals surface area (Å²) >= 11 is 1.21. The van der Waals surface area contributed by atoms with Gasteiger partial charge in [0.2, 0.25) is 5.12 Å². The van der Waals surface area contributed by atoms with Gasteiger partial charge in [0.1, 0.15) is 12.3 Å². The predicted molar refractivity (Wildman–Crippen MR) is 77.8 cm³/mol. The number of hydrogen-bond donors (Lipinski definition) is 1. The van der Waals surface area contributed by atoms with Crippen LogP contribution in [0, 0.1) is 0 Å². The van der Waals surface area contributed by atoms with Crippen molar-refractivity contribution in [3.63, 3.8) is 0 Å². The Morgan fingerprint density at radius 2 is 2.24 bits per heavy atom. The Bertz CT molecular complexity index is 544. The van der Waals surface area contributed by atoms with Crippen LogP contribution in [0.1, 0.15) is 19.2 Å². The average molecular weight is 308 g/mol. The van der Waals surface area contributed by atoms with Crippen molar-refractivity contribution in [2.45, 2.75) is 26.3 Å². The zero-order valence-electron chi connectivity index (χ0n) is 11.9. The second-order valence-corrected chi connectivity index (χ2v) is 5.51. The van der Waals surface area contributed by atoms with Crippen molar-refractivity contribution in [1.82, 2.24) is 20.6 Å². The van der Waals surface area contributed by atoms with Crippen LogP contribution in [-0.4, -0.2) is 38.1 Å². The third-order valence-corrected chi connectivity index (χ3v) is 3.53. The highest BCUT2D eigenvalue weighted by molar-refractivity contribution is 8.13. The molecule has 21 heavy (non-hydrogen) atoms. The highest BCUT2D eigenvalue weighted by Gasteiger charge is 2.07. The molecule has 1 N–H and O–H groups in total. The molecule has 0 bridgehead atoms. The zero-order chi connectivity index (χ0) is 14.9. The number of pyridine rings is 1. The Labute approximate surface area is 127 Å². The van der Waals surface area contributed by atoms with Gasteiger partial charge in [-0.1, -0.05) is 23.9 Å². The summed E-state index contributed by atoms with van der Waals surface area (Å²) in [5.74, 6) is 1.93. The van der Waals surface area contributed by atoms with Gasteiger partial charge in [0.05, 0.1) is 0 Å². The third kappa shape index (κ3) is 5.50. The molecule has 2 heterocycles. The number of aromatic amines is 1. The van der Waals surface area contributed by atoms with Crippen LogP contribution in [0.3, 0.4) is 0 Å². The molecule has 0 atom stereocenters. The van der Waals surface area contributed by atoms with Gasteiger partial charge in [0, 0.05) is 30.7 Å². The molecule has 0 saturated carbocycles. The van der Waals surface area contributed by atoms with Crippen LogP contribution in [0.4, 0.5) is 0 Å². The Hall–Kier alpha value is -1.96. The normalized spacial score (nSPS) is 10.5. The Balaban J connectivity index is 1.66. The van der Waals surface area contributed by atoms with Crippen molar-refractivity contribution in [1.29, 1.82) is 0 Å². The number of nitrogens with zero attached hydrogens (tertiary/aromatic N) is 4. The lowest BCUT2D eigenvalue weighted by molar-refractivity contribution is -0.697. The van der Waals surface area contributed by atoms with Crippen molar-refractivity contribution in [2.75, 3.05) is 12.4 Å². The van der Waals surface area contributed by atoms with Crippen LogP contribution in [-0.2, 0) is 17.8 Å². The summed E-state index contributed by atoms with van der Waals surface area (Å²) in [5, 5.41) is 13.5. The van der Waals surface area contributed by atoms with E-state index in [2.05, 4.69) is 32.1 Å². The molecule has 0 spiro atoms. The summed E-state index contributed by atoms with van der Waals surface area (Å²) in [6.07, 6.45) is 5.59. The first-order chi connectivity index (χ1) is 10.3. The standard InChI is InChI=1S/C13H18N5O2S/c1-2-6-18-7-3-11(4-8-18)20-10-13(19)21-9-5-12-14-16-17-15-12/h3-4,7-8H,2,5-6,9-10H2,1H3,(H,14,15,16,17)/q+1. The molecule has 0 saturated heterocycles. The number of nitrogens with one attached hydrogen (secondary N) is 1. The SMILES string of the molecule is CCC[n+]1ccc(OCC(=O)SCCc2nn[nH]n2)cc1. The molecule has 2 aromatic heterocycles. The number of H-pyrrole nitrogens is 1. The van der Waals surface area contributed by atoms with Crippen molar-refractivity contribution >= 4 is 16.9 Å². The quantitative estimate of drug-likeness (QED) is 0.725. The van der Waals surface area contributed by atoms with Crippen LogP contribution in [0.2, 0.25) is 0 Å². The molecule has 0 aliphatic heterocycles. The highest BCUT2D eigenvalue weighted by Crippen LogP contribution is 2.09. The van der Waals surface area contributed by atoms with Crippen LogP contribution >= 0.6 is 11.8 Å². The molecule has 2 rings (SSSR count). The molecule has 0 unspecified atom stereocenters. The van der Waals surface area contributed by atoms with E-state index in [1.165, 1.54) is 11.8 Å². The predicted octanol–water partition coefficient (Wildman–Crippen LogP) is 0.778. The number of thioether (sulfide) groups is 1. The molecule has 0 radical (unpaired) electrons. The maximum atomic E-state index is 11.7. The zero-order valence-corrected chi connectivity index (χ0v) is 12.7. The van der Waals surface area contributed by atoms with E-state index in [0.29, 0.717) is 23.7 Å². The molecular formula is C13H18N5O2S+. The van der Waals surface area contributed by atoms with Gasteiger partial charge in [0.15, 0.2) is 24.8 Å². The second-order valence-electron chi connectivity index (χ2n) is 4.36. The lowest BCUT2D eigenvalue weighted by Gasteiger charge is -2.04. The van der Waals surface area contributed by atoms with Gasteiger partial charge in [-0.3, -0.25) is 4.79 Å². The number of carbonyl (C=O) groups is 1. The van der Waals surface area contributed by atoms with E-state index in [1.807, 2.05) is 24.5 Å². The average Bonchev–Trinajstić information content (AvgIpc) is 3.00. The smallest absolute Gasteiger partial charge is 0.226 e. The summed E-state index contributed by atoms with van der Waals surface area (Å²) < 4.78 is 7.53. The molecule has 2 aromatic rings. The largest absolute Gasteiger partial charge is 0.484 e. The van der Waals surface area contributed by atoms with Crippen LogP contribution in [0.15, 0.2) is 24.5 Å². The van der Waals surface area contributed by atoms with E-state index in [-0.39, 0.29) is 11.7 Å². The van der Waals surface area contributed by atoms with Crippen molar-refractivity contribution < 1.29 is 14.1 Å². The first-order valence-corrected chi connectivity index (χ1v) is 7.76. The molecule has 0 amide bonds. The topological polar surface area (TPSA) is 84.6 Å². The molecule has 0 aliphatic rings. The molecule has 0 fully saturated rings. The Morgan fingerprint density at radius 1 is 1.43 bits per heavy atom. The molecule has 8 heteroatoms. The summed E-state index contributed by atoms with van der Waals surface area (Å²) in [5.41, 5.74) is 0. The van der Waals surface area contributed by atoms with Crippen molar-refractivity contribution in [2.24, 2.45) is 0 Å². The minimum absolute atomic E-state index is 0.0104. The molecule has 0 aliphatic carbocycles. The van der Waals surface area contributed by atoms with Gasteiger partial charge >= 0.3 is 0 Å². The summed E-state index contributed by atoms with van der Waals surface area (Å²) in [6.45, 7) is 3.17. The molecule has 7 nitrogen and oxygen atoms in total. The fourth-order valence-electron chi connectivity index (χ4n) is 1.68. The monoisotopic (exact) mass is 308 g/mol. The van der Waals surface area contributed by atoms with E-state index in [0.717, 1.165) is 13.0 Å². The van der Waals surface area contributed by atoms with E-state index in [9.17, 15) is 4.79 Å². The number of aromatic nitrogens is 5. The van der Waals surface area contributed by atoms with Crippen LogP contribution in [0.25, 0.3) is 0 Å². The number of carbonyl (C=O) groups excluding carboxylic acids is 1. The lowest BCUT2D eigenvalue weighted by atomic mass is 10.4. The summed E-state index contributed by atoms with van der Waals surface area (Å²) in [4.78, 5) is 11.7. The summed E-state index contributed by atoms with van der Waals surface area (Å²) in [6, 6.07) is 3.74. The van der Waals surface area contributed by atoms with E-state index in [1.54, 1.807) is 0 Å². The van der Waals surface area contributed by atoms with Gasteiger partial charge in [0.25, 0.3) is 0 Å². The van der Waals surface area contributed by atoms with E-state index in [4.69, 9.17) is 4.74 Å². The Morgan fingerprint density at radius 3 is 2.90 bits per heavy atom. The number of aryl methyl sites for hydroxylation is 2. The number of rotatable bonds is 8. The maximum Gasteiger partial charge on any atom is 0.226 e. The first-order valence-electron chi connectivity index (χ1n) is 6.78. The lowest BCUT2D eigenvalue weighted by Crippen LogP contribution is -2.31. The Kier molecular flexibility index (Phi) is 6.14. The van der Waals surface area contributed by atoms with Gasteiger partial charge in [-0.05, 0) is 0 Å². The minimum Gasteiger partial charge on any atom is -0.484 e. The van der Waals surface area contributed by atoms with Gasteiger partial charge in [-0.2, -0.15) is 5.21 Å². The first kappa shape index (κ1) is 15.4. The van der Waals surface area contributed by atoms with Crippen LogP contribution < -0.4 is 9.30 Å². The van der Waals surface area contributed by atoms with Crippen molar-refractivity contribution in [3.05, 3.63) is 30.4 Å². The van der Waals surface area contributed by atoms with Gasteiger partial charge < -0.3 is 4.74 Å². The van der Waals surface area contributed by atoms with Gasteiger partial charge in [-0.25, -0.2) is 4.57 Å². The number of hydrogen-bond acceptors (Lipinski definition) is 6. The fraction of sp³-hybridized carbons (Fsp3) is 0.462. The van der Waals surface area contributed by atoms with E-state index >= 15 is 0 Å². The number of tetrazole rings is 1. The molecular weight excluding hydrogens is 290 g/mol. The maximum absolute atomic E-state index is 11.7. The third-order valence-electron chi connectivity index (χ3n) is 2.68.